The van der Waals surface area contributed by atoms with E-state index in [0.717, 1.165) is 12.3 Å². The summed E-state index contributed by atoms with van der Waals surface area (Å²) in [5.74, 6) is -0.562. The first-order chi connectivity index (χ1) is 9.97. The molecule has 0 aromatic carbocycles. The van der Waals surface area contributed by atoms with Crippen LogP contribution in [0.25, 0.3) is 0 Å². The van der Waals surface area contributed by atoms with Crippen LogP contribution in [-0.2, 0) is 6.54 Å². The predicted molar refractivity (Wildman–Crippen MR) is 74.7 cm³/mol. The van der Waals surface area contributed by atoms with Crippen LogP contribution >= 0.6 is 0 Å². The summed E-state index contributed by atoms with van der Waals surface area (Å²) in [5.41, 5.74) is 4.94. The molecular formula is C12H14N6O3. The van der Waals surface area contributed by atoms with Gasteiger partial charge in [0.15, 0.2) is 0 Å². The second-order valence-electron chi connectivity index (χ2n) is 4.48. The number of primary amides is 1. The maximum Gasteiger partial charge on any atom is 0.288 e. The van der Waals surface area contributed by atoms with Crippen LogP contribution in [0.4, 0.5) is 11.5 Å². The summed E-state index contributed by atoms with van der Waals surface area (Å²) in [6.07, 6.45) is 4.54. The van der Waals surface area contributed by atoms with Crippen molar-refractivity contribution in [3.05, 3.63) is 46.4 Å². The van der Waals surface area contributed by atoms with Crippen LogP contribution in [0, 0.1) is 10.1 Å². The number of nitrogens with zero attached hydrogens (tertiary/aromatic N) is 4. The zero-order valence-electron chi connectivity index (χ0n) is 11.3. The van der Waals surface area contributed by atoms with Crippen molar-refractivity contribution < 1.29 is 9.72 Å². The average Bonchev–Trinajstić information content (AvgIpc) is 2.91. The zero-order valence-corrected chi connectivity index (χ0v) is 11.3. The molecule has 0 saturated heterocycles. The van der Waals surface area contributed by atoms with E-state index in [1.807, 2.05) is 6.92 Å². The van der Waals surface area contributed by atoms with E-state index >= 15 is 0 Å². The smallest absolute Gasteiger partial charge is 0.288 e. The van der Waals surface area contributed by atoms with E-state index in [2.05, 4.69) is 15.4 Å². The highest BCUT2D eigenvalue weighted by atomic mass is 16.6. The van der Waals surface area contributed by atoms with Crippen LogP contribution in [0.5, 0.6) is 0 Å². The molecule has 0 fully saturated rings. The third-order valence-corrected chi connectivity index (χ3v) is 2.75. The number of nitrogens with one attached hydrogen (secondary N) is 1. The lowest BCUT2D eigenvalue weighted by Gasteiger charge is -2.16. The molecule has 0 bridgehead atoms. The number of hydrogen-bond donors (Lipinski definition) is 2. The van der Waals surface area contributed by atoms with Crippen LogP contribution in [0.15, 0.2) is 30.7 Å². The minimum atomic E-state index is -0.778. The van der Waals surface area contributed by atoms with E-state index in [1.165, 1.54) is 0 Å². The molecule has 1 atom stereocenters. The van der Waals surface area contributed by atoms with Gasteiger partial charge in [0.05, 0.1) is 17.0 Å². The monoisotopic (exact) mass is 290 g/mol. The standard InChI is InChI=1S/C12H14N6O3/c1-8(7-17-4-2-3-15-17)16-12-10(11(13)19)5-9(6-14-12)18(20)21/h2-6,8H,7H2,1H3,(H2,13,19)(H,14,16). The Hall–Kier alpha value is -2.97. The van der Waals surface area contributed by atoms with Crippen molar-refractivity contribution >= 4 is 17.4 Å². The molecule has 0 aliphatic carbocycles. The number of nitrogens with two attached hydrogens (primary N) is 1. The summed E-state index contributed by atoms with van der Waals surface area (Å²) >= 11 is 0. The Kier molecular flexibility index (Phi) is 4.12. The van der Waals surface area contributed by atoms with Gasteiger partial charge >= 0.3 is 0 Å². The van der Waals surface area contributed by atoms with Gasteiger partial charge in [0.25, 0.3) is 11.6 Å². The van der Waals surface area contributed by atoms with Crippen LogP contribution in [0.1, 0.15) is 17.3 Å². The molecule has 0 saturated carbocycles. The molecule has 1 amide bonds. The largest absolute Gasteiger partial charge is 0.365 e. The minimum absolute atomic E-state index is 0.0171. The molecule has 21 heavy (non-hydrogen) atoms. The molecule has 9 nitrogen and oxygen atoms in total. The Morgan fingerprint density at radius 1 is 1.62 bits per heavy atom. The molecule has 0 spiro atoms. The van der Waals surface area contributed by atoms with E-state index in [1.54, 1.807) is 23.1 Å². The van der Waals surface area contributed by atoms with Crippen molar-refractivity contribution in [1.82, 2.24) is 14.8 Å². The van der Waals surface area contributed by atoms with Gasteiger partial charge in [-0.25, -0.2) is 4.98 Å². The lowest BCUT2D eigenvalue weighted by molar-refractivity contribution is -0.385. The predicted octanol–water partition coefficient (Wildman–Crippen LogP) is 0.786. The lowest BCUT2D eigenvalue weighted by atomic mass is 10.2. The first-order valence-corrected chi connectivity index (χ1v) is 6.15. The van der Waals surface area contributed by atoms with Crippen molar-refractivity contribution in [2.45, 2.75) is 19.5 Å². The molecule has 9 heteroatoms. The van der Waals surface area contributed by atoms with Crippen LogP contribution in [0.3, 0.4) is 0 Å². The van der Waals surface area contributed by atoms with Gasteiger partial charge in [0.1, 0.15) is 12.0 Å². The molecule has 0 aliphatic rings. The van der Waals surface area contributed by atoms with Crippen LogP contribution < -0.4 is 11.1 Å². The van der Waals surface area contributed by atoms with Gasteiger partial charge in [0.2, 0.25) is 0 Å². The van der Waals surface area contributed by atoms with Crippen molar-refractivity contribution in [1.29, 1.82) is 0 Å². The van der Waals surface area contributed by atoms with E-state index < -0.39 is 10.8 Å². The fourth-order valence-corrected chi connectivity index (χ4v) is 1.82. The summed E-state index contributed by atoms with van der Waals surface area (Å²) in [5, 5.41) is 17.8. The first-order valence-electron chi connectivity index (χ1n) is 6.15. The topological polar surface area (TPSA) is 129 Å². The number of aromatic nitrogens is 3. The Morgan fingerprint density at radius 3 is 2.95 bits per heavy atom. The Morgan fingerprint density at radius 2 is 2.38 bits per heavy atom. The quantitative estimate of drug-likeness (QED) is 0.597. The summed E-state index contributed by atoms with van der Waals surface area (Å²) in [4.78, 5) is 25.4. The summed E-state index contributed by atoms with van der Waals surface area (Å²) in [7, 11) is 0. The van der Waals surface area contributed by atoms with Gasteiger partial charge in [0, 0.05) is 24.5 Å². The van der Waals surface area contributed by atoms with Gasteiger partial charge in [-0.2, -0.15) is 5.10 Å². The number of carbonyl (C=O) groups is 1. The number of rotatable bonds is 6. The van der Waals surface area contributed by atoms with Gasteiger partial charge in [-0.1, -0.05) is 0 Å². The van der Waals surface area contributed by atoms with Crippen molar-refractivity contribution in [2.24, 2.45) is 5.73 Å². The molecule has 0 aliphatic heterocycles. The molecule has 2 aromatic rings. The number of nitro groups is 1. The Balaban J connectivity index is 2.18. The Labute approximate surface area is 119 Å². The van der Waals surface area contributed by atoms with Gasteiger partial charge in [-0.05, 0) is 13.0 Å². The van der Waals surface area contributed by atoms with Gasteiger partial charge in [-0.15, -0.1) is 0 Å². The van der Waals surface area contributed by atoms with Crippen LogP contribution in [0.2, 0.25) is 0 Å². The van der Waals surface area contributed by atoms with Crippen molar-refractivity contribution in [2.75, 3.05) is 5.32 Å². The first kappa shape index (κ1) is 14.4. The summed E-state index contributed by atoms with van der Waals surface area (Å²) < 4.78 is 1.72. The maximum absolute atomic E-state index is 11.4. The third-order valence-electron chi connectivity index (χ3n) is 2.75. The lowest BCUT2D eigenvalue weighted by Crippen LogP contribution is -2.25. The molecule has 1 unspecified atom stereocenters. The number of carbonyl (C=O) groups excluding carboxylic acids is 1. The fourth-order valence-electron chi connectivity index (χ4n) is 1.82. The number of hydrogen-bond acceptors (Lipinski definition) is 6. The molecular weight excluding hydrogens is 276 g/mol. The molecule has 2 heterocycles. The summed E-state index contributed by atoms with van der Waals surface area (Å²) in [6, 6.07) is 2.81. The van der Waals surface area contributed by atoms with E-state index in [4.69, 9.17) is 5.73 Å². The SMILES string of the molecule is CC(Cn1cccn1)Nc1ncc([N+](=O)[O-])cc1C(N)=O. The highest BCUT2D eigenvalue weighted by Gasteiger charge is 2.17. The second-order valence-corrected chi connectivity index (χ2v) is 4.48. The third kappa shape index (κ3) is 3.53. The van der Waals surface area contributed by atoms with Crippen molar-refractivity contribution in [3.63, 3.8) is 0 Å². The molecule has 2 aromatic heterocycles. The molecule has 3 N–H and O–H groups in total. The number of amides is 1. The van der Waals surface area contributed by atoms with Gasteiger partial charge in [-0.3, -0.25) is 19.6 Å². The zero-order chi connectivity index (χ0) is 15.4. The average molecular weight is 290 g/mol. The highest BCUT2D eigenvalue weighted by molar-refractivity contribution is 5.98. The van der Waals surface area contributed by atoms with Crippen LogP contribution in [-0.4, -0.2) is 31.6 Å². The molecule has 0 radical (unpaired) electrons. The summed E-state index contributed by atoms with van der Waals surface area (Å²) in [6.45, 7) is 2.42. The van der Waals surface area contributed by atoms with Gasteiger partial charge < -0.3 is 11.1 Å². The minimum Gasteiger partial charge on any atom is -0.365 e. The highest BCUT2D eigenvalue weighted by Crippen LogP contribution is 2.19. The van der Waals surface area contributed by atoms with E-state index in [-0.39, 0.29) is 23.1 Å². The van der Waals surface area contributed by atoms with Crippen molar-refractivity contribution in [3.8, 4) is 0 Å². The number of pyridine rings is 1. The Bertz CT molecular complexity index is 655. The fraction of sp³-hybridized carbons (Fsp3) is 0.250. The maximum atomic E-state index is 11.4. The molecule has 110 valence electrons. The normalized spacial score (nSPS) is 11.9. The van der Waals surface area contributed by atoms with E-state index in [9.17, 15) is 14.9 Å². The number of anilines is 1. The molecule has 2 rings (SSSR count). The van der Waals surface area contributed by atoms with E-state index in [0.29, 0.717) is 6.54 Å². The second kappa shape index (κ2) is 5.99.